The lowest BCUT2D eigenvalue weighted by molar-refractivity contribution is 0.0735. The number of carbonyl (C=O) groups is 1. The fourth-order valence-corrected chi connectivity index (χ4v) is 3.25. The fourth-order valence-electron chi connectivity index (χ4n) is 3.04. The molecule has 0 N–H and O–H groups in total. The van der Waals surface area contributed by atoms with E-state index in [4.69, 9.17) is 21.1 Å². The maximum atomic E-state index is 12.4. The number of aryl methyl sites for hydroxylation is 1. The minimum Gasteiger partial charge on any atom is -0.494 e. The van der Waals surface area contributed by atoms with Gasteiger partial charge in [0.25, 0.3) is 0 Å². The number of esters is 1. The summed E-state index contributed by atoms with van der Waals surface area (Å²) >= 11 is 6.33. The van der Waals surface area contributed by atoms with Gasteiger partial charge in [-0.25, -0.2) is 4.79 Å². The van der Waals surface area contributed by atoms with Crippen molar-refractivity contribution in [1.82, 2.24) is 0 Å². The largest absolute Gasteiger partial charge is 0.494 e. The fraction of sp³-hybridized carbons (Fsp3) is 0.296. The summed E-state index contributed by atoms with van der Waals surface area (Å²) in [5.41, 5.74) is 2.97. The lowest BCUT2D eigenvalue weighted by Gasteiger charge is -2.08. The highest BCUT2D eigenvalue weighted by Gasteiger charge is 2.11. The third-order valence-corrected chi connectivity index (χ3v) is 5.32. The van der Waals surface area contributed by atoms with Crippen molar-refractivity contribution in [1.29, 1.82) is 0 Å². The van der Waals surface area contributed by atoms with Crippen LogP contribution in [0.4, 0.5) is 11.4 Å². The first kappa shape index (κ1) is 24.5. The van der Waals surface area contributed by atoms with Crippen LogP contribution in [-0.4, -0.2) is 12.6 Å². The molecule has 3 rings (SSSR count). The average molecular weight is 465 g/mol. The van der Waals surface area contributed by atoms with Crippen molar-refractivity contribution in [3.63, 3.8) is 0 Å². The Bertz CT molecular complexity index is 1060. The number of halogens is 1. The van der Waals surface area contributed by atoms with Crippen LogP contribution in [0.2, 0.25) is 5.02 Å². The molecule has 0 bridgehead atoms. The molecule has 0 aromatic heterocycles. The van der Waals surface area contributed by atoms with Crippen molar-refractivity contribution in [2.45, 2.75) is 46.0 Å². The van der Waals surface area contributed by atoms with E-state index < -0.39 is 5.97 Å². The van der Waals surface area contributed by atoms with Gasteiger partial charge in [-0.2, -0.15) is 5.11 Å². The monoisotopic (exact) mass is 464 g/mol. The zero-order valence-electron chi connectivity index (χ0n) is 19.1. The number of unbranched alkanes of at least 4 members (excludes halogenated alkanes) is 2. The molecule has 33 heavy (non-hydrogen) atoms. The van der Waals surface area contributed by atoms with Gasteiger partial charge >= 0.3 is 5.97 Å². The zero-order chi connectivity index (χ0) is 23.5. The molecule has 6 heteroatoms. The van der Waals surface area contributed by atoms with Crippen molar-refractivity contribution in [2.75, 3.05) is 6.61 Å². The number of azo groups is 1. The van der Waals surface area contributed by atoms with Crippen molar-refractivity contribution in [3.05, 3.63) is 82.9 Å². The zero-order valence-corrected chi connectivity index (χ0v) is 19.8. The number of rotatable bonds is 11. The molecule has 172 valence electrons. The second kappa shape index (κ2) is 12.8. The molecule has 0 heterocycles. The number of carbonyl (C=O) groups excluding carboxylic acids is 1. The highest BCUT2D eigenvalue weighted by Crippen LogP contribution is 2.31. The number of nitrogens with zero attached hydrogens (tertiary/aromatic N) is 2. The first-order valence-corrected chi connectivity index (χ1v) is 11.7. The van der Waals surface area contributed by atoms with Gasteiger partial charge in [-0.15, -0.1) is 5.11 Å². The van der Waals surface area contributed by atoms with E-state index in [0.29, 0.717) is 28.6 Å². The van der Waals surface area contributed by atoms with Crippen LogP contribution < -0.4 is 9.47 Å². The molecule has 0 radical (unpaired) electrons. The van der Waals surface area contributed by atoms with Crippen LogP contribution in [0, 0.1) is 0 Å². The number of benzene rings is 3. The highest BCUT2D eigenvalue weighted by molar-refractivity contribution is 6.33. The molecule has 0 aliphatic heterocycles. The molecule has 0 atom stereocenters. The van der Waals surface area contributed by atoms with Crippen LogP contribution in [0.5, 0.6) is 11.5 Å². The van der Waals surface area contributed by atoms with E-state index >= 15 is 0 Å². The molecule has 3 aromatic carbocycles. The lowest BCUT2D eigenvalue weighted by atomic mass is 10.1. The van der Waals surface area contributed by atoms with Crippen LogP contribution in [0.3, 0.4) is 0 Å². The molecule has 0 spiro atoms. The van der Waals surface area contributed by atoms with Gasteiger partial charge in [-0.3, -0.25) is 0 Å². The van der Waals surface area contributed by atoms with Gasteiger partial charge in [0.2, 0.25) is 0 Å². The third-order valence-electron chi connectivity index (χ3n) is 5.01. The van der Waals surface area contributed by atoms with E-state index in [-0.39, 0.29) is 0 Å². The Morgan fingerprint density at radius 3 is 2.21 bits per heavy atom. The van der Waals surface area contributed by atoms with E-state index in [9.17, 15) is 4.79 Å². The van der Waals surface area contributed by atoms with Gasteiger partial charge in [0.1, 0.15) is 17.2 Å². The molecule has 5 nitrogen and oxygen atoms in total. The van der Waals surface area contributed by atoms with Crippen molar-refractivity contribution in [3.8, 4) is 11.5 Å². The maximum absolute atomic E-state index is 12.4. The Balaban J connectivity index is 1.58. The summed E-state index contributed by atoms with van der Waals surface area (Å²) in [6.07, 6.45) is 5.47. The summed E-state index contributed by atoms with van der Waals surface area (Å²) in [5.74, 6) is 0.601. The van der Waals surface area contributed by atoms with Gasteiger partial charge < -0.3 is 9.47 Å². The summed E-state index contributed by atoms with van der Waals surface area (Å²) in [4.78, 5) is 12.4. The SMILES string of the molecule is CCCCOc1ccc(C(=O)Oc2ccc(N=Nc3ccc(CCCC)cc3)c(Cl)c2)cc1. The van der Waals surface area contributed by atoms with Gasteiger partial charge in [0.05, 0.1) is 22.9 Å². The summed E-state index contributed by atoms with van der Waals surface area (Å²) in [6, 6.07) is 19.8. The molecular weight excluding hydrogens is 436 g/mol. The first-order valence-electron chi connectivity index (χ1n) is 11.3. The van der Waals surface area contributed by atoms with E-state index in [1.165, 1.54) is 18.4 Å². The number of hydrogen-bond donors (Lipinski definition) is 0. The number of hydrogen-bond acceptors (Lipinski definition) is 5. The normalized spacial score (nSPS) is 11.0. The molecule has 0 amide bonds. The summed E-state index contributed by atoms with van der Waals surface area (Å²) in [7, 11) is 0. The summed E-state index contributed by atoms with van der Waals surface area (Å²) in [5, 5.41) is 8.83. The summed E-state index contributed by atoms with van der Waals surface area (Å²) in [6.45, 7) is 4.95. The Hall–Kier alpha value is -3.18. The average Bonchev–Trinajstić information content (AvgIpc) is 2.83. The van der Waals surface area contributed by atoms with E-state index in [1.807, 2.05) is 12.1 Å². The Labute approximate surface area is 200 Å². The minimum atomic E-state index is -0.469. The van der Waals surface area contributed by atoms with Gasteiger partial charge in [-0.1, -0.05) is 50.4 Å². The lowest BCUT2D eigenvalue weighted by Crippen LogP contribution is -2.08. The molecule has 0 saturated heterocycles. The first-order chi connectivity index (χ1) is 16.1. The Morgan fingerprint density at radius 1 is 0.848 bits per heavy atom. The summed E-state index contributed by atoms with van der Waals surface area (Å²) < 4.78 is 11.1. The van der Waals surface area contributed by atoms with Gasteiger partial charge in [0.15, 0.2) is 0 Å². The third kappa shape index (κ3) is 7.72. The predicted octanol–water partition coefficient (Wildman–Crippen LogP) is 8.50. The molecule has 0 saturated carbocycles. The predicted molar refractivity (Wildman–Crippen MR) is 132 cm³/mol. The van der Waals surface area contributed by atoms with Crippen LogP contribution in [0.1, 0.15) is 55.5 Å². The van der Waals surface area contributed by atoms with Crippen molar-refractivity contribution >= 4 is 28.9 Å². The van der Waals surface area contributed by atoms with Crippen molar-refractivity contribution < 1.29 is 14.3 Å². The van der Waals surface area contributed by atoms with Crippen LogP contribution in [-0.2, 0) is 6.42 Å². The van der Waals surface area contributed by atoms with E-state index in [0.717, 1.165) is 30.7 Å². The Morgan fingerprint density at radius 2 is 1.55 bits per heavy atom. The van der Waals surface area contributed by atoms with Crippen LogP contribution in [0.15, 0.2) is 77.0 Å². The van der Waals surface area contributed by atoms with Crippen molar-refractivity contribution in [2.24, 2.45) is 10.2 Å². The quantitative estimate of drug-likeness (QED) is 0.124. The van der Waals surface area contributed by atoms with E-state index in [1.54, 1.807) is 42.5 Å². The van der Waals surface area contributed by atoms with E-state index in [2.05, 4.69) is 36.2 Å². The maximum Gasteiger partial charge on any atom is 0.343 e. The second-order valence-corrected chi connectivity index (χ2v) is 8.11. The Kier molecular flexibility index (Phi) is 9.45. The second-order valence-electron chi connectivity index (χ2n) is 7.70. The molecule has 0 aliphatic rings. The molecule has 3 aromatic rings. The topological polar surface area (TPSA) is 60.2 Å². The smallest absolute Gasteiger partial charge is 0.343 e. The molecule has 0 unspecified atom stereocenters. The molecule has 0 aliphatic carbocycles. The van der Waals surface area contributed by atoms with Gasteiger partial charge in [0, 0.05) is 6.07 Å². The van der Waals surface area contributed by atoms with Crippen LogP contribution in [0.25, 0.3) is 0 Å². The van der Waals surface area contributed by atoms with Crippen LogP contribution >= 0.6 is 11.6 Å². The highest BCUT2D eigenvalue weighted by atomic mass is 35.5. The minimum absolute atomic E-state index is 0.340. The molecular formula is C27H29ClN2O3. The number of ether oxygens (including phenoxy) is 2. The van der Waals surface area contributed by atoms with Gasteiger partial charge in [-0.05, 0) is 73.4 Å². The standard InChI is InChI=1S/C27H29ClN2O3/c1-3-5-7-20-8-12-22(13-9-20)29-30-26-17-16-24(19-25(26)28)33-27(31)21-10-14-23(15-11-21)32-18-6-4-2/h8-17,19H,3-7,18H2,1-2H3. The molecule has 0 fully saturated rings.